The SMILES string of the molecule is CC[C@H](C)[C@@H](N)CN1C(=O)CCC1=O. The Balaban J connectivity index is 2.50. The van der Waals surface area contributed by atoms with Crippen molar-refractivity contribution in [3.05, 3.63) is 0 Å². The molecule has 1 aliphatic rings. The summed E-state index contributed by atoms with van der Waals surface area (Å²) in [6, 6.07) is -0.0917. The second-order valence-electron chi connectivity index (χ2n) is 3.95. The molecule has 0 spiro atoms. The van der Waals surface area contributed by atoms with Crippen LogP contribution in [0.5, 0.6) is 0 Å². The fourth-order valence-electron chi connectivity index (χ4n) is 1.52. The number of nitrogens with zero attached hydrogens (tertiary/aromatic N) is 1. The monoisotopic (exact) mass is 198 g/mol. The number of hydrogen-bond donors (Lipinski definition) is 1. The number of likely N-dealkylation sites (tertiary alicyclic amines) is 1. The molecule has 2 atom stereocenters. The molecule has 14 heavy (non-hydrogen) atoms. The summed E-state index contributed by atoms with van der Waals surface area (Å²) < 4.78 is 0. The second-order valence-corrected chi connectivity index (χ2v) is 3.95. The zero-order chi connectivity index (χ0) is 10.7. The molecule has 0 radical (unpaired) electrons. The largest absolute Gasteiger partial charge is 0.326 e. The lowest BCUT2D eigenvalue weighted by Gasteiger charge is -2.23. The van der Waals surface area contributed by atoms with Gasteiger partial charge in [0.1, 0.15) is 0 Å². The first-order valence-corrected chi connectivity index (χ1v) is 5.15. The summed E-state index contributed by atoms with van der Waals surface area (Å²) in [5, 5.41) is 0. The van der Waals surface area contributed by atoms with E-state index < -0.39 is 0 Å². The zero-order valence-corrected chi connectivity index (χ0v) is 8.82. The van der Waals surface area contributed by atoms with E-state index in [-0.39, 0.29) is 17.9 Å². The summed E-state index contributed by atoms with van der Waals surface area (Å²) in [4.78, 5) is 23.9. The average Bonchev–Trinajstić information content (AvgIpc) is 2.48. The van der Waals surface area contributed by atoms with Crippen LogP contribution in [-0.2, 0) is 9.59 Å². The summed E-state index contributed by atoms with van der Waals surface area (Å²) in [6.45, 7) is 4.47. The van der Waals surface area contributed by atoms with Gasteiger partial charge in [0.2, 0.25) is 11.8 Å². The lowest BCUT2D eigenvalue weighted by Crippen LogP contribution is -2.43. The van der Waals surface area contributed by atoms with Crippen molar-refractivity contribution in [1.82, 2.24) is 4.90 Å². The van der Waals surface area contributed by atoms with Crippen LogP contribution in [0.1, 0.15) is 33.1 Å². The van der Waals surface area contributed by atoms with E-state index in [0.29, 0.717) is 25.3 Å². The fraction of sp³-hybridized carbons (Fsp3) is 0.800. The normalized spacial score (nSPS) is 21.5. The Hall–Kier alpha value is -0.900. The number of imide groups is 1. The maximum absolute atomic E-state index is 11.3. The van der Waals surface area contributed by atoms with Gasteiger partial charge in [0.15, 0.2) is 0 Å². The van der Waals surface area contributed by atoms with E-state index in [0.717, 1.165) is 6.42 Å². The van der Waals surface area contributed by atoms with E-state index in [1.54, 1.807) is 0 Å². The molecule has 4 heteroatoms. The quantitative estimate of drug-likeness (QED) is 0.669. The first-order valence-electron chi connectivity index (χ1n) is 5.15. The second kappa shape index (κ2) is 4.55. The molecule has 2 N–H and O–H groups in total. The Morgan fingerprint density at radius 1 is 1.36 bits per heavy atom. The Bertz CT molecular complexity index is 224. The molecule has 0 saturated carbocycles. The van der Waals surface area contributed by atoms with Crippen molar-refractivity contribution in [1.29, 1.82) is 0 Å². The van der Waals surface area contributed by atoms with Crippen molar-refractivity contribution < 1.29 is 9.59 Å². The smallest absolute Gasteiger partial charge is 0.229 e. The van der Waals surface area contributed by atoms with E-state index in [9.17, 15) is 9.59 Å². The standard InChI is InChI=1S/C10H18N2O2/c1-3-7(2)8(11)6-12-9(13)4-5-10(12)14/h7-8H,3-6,11H2,1-2H3/t7-,8-/m0/s1. The highest BCUT2D eigenvalue weighted by molar-refractivity contribution is 6.01. The van der Waals surface area contributed by atoms with Crippen LogP contribution in [0.25, 0.3) is 0 Å². The third-order valence-electron chi connectivity index (χ3n) is 2.92. The molecule has 0 bridgehead atoms. The molecule has 0 unspecified atom stereocenters. The predicted octanol–water partition coefficient (Wildman–Crippen LogP) is 0.509. The molecule has 0 aromatic carbocycles. The number of carbonyl (C=O) groups is 2. The summed E-state index contributed by atoms with van der Waals surface area (Å²) in [6.07, 6.45) is 1.68. The lowest BCUT2D eigenvalue weighted by atomic mass is 10.00. The van der Waals surface area contributed by atoms with E-state index >= 15 is 0 Å². The minimum atomic E-state index is -0.0917. The number of rotatable bonds is 4. The maximum atomic E-state index is 11.3. The molecule has 1 rings (SSSR count). The third kappa shape index (κ3) is 2.32. The predicted molar refractivity (Wildman–Crippen MR) is 53.4 cm³/mol. The fourth-order valence-corrected chi connectivity index (χ4v) is 1.52. The van der Waals surface area contributed by atoms with Crippen LogP contribution in [0.3, 0.4) is 0 Å². The van der Waals surface area contributed by atoms with Crippen LogP contribution < -0.4 is 5.73 Å². The van der Waals surface area contributed by atoms with Gasteiger partial charge in [-0.25, -0.2) is 0 Å². The van der Waals surface area contributed by atoms with E-state index in [2.05, 4.69) is 6.92 Å². The van der Waals surface area contributed by atoms with Crippen molar-refractivity contribution in [3.63, 3.8) is 0 Å². The molecule has 0 aliphatic carbocycles. The number of nitrogens with two attached hydrogens (primary N) is 1. The van der Waals surface area contributed by atoms with Crippen LogP contribution in [0.15, 0.2) is 0 Å². The van der Waals surface area contributed by atoms with Crippen LogP contribution >= 0.6 is 0 Å². The van der Waals surface area contributed by atoms with Gasteiger partial charge in [0.05, 0.1) is 0 Å². The van der Waals surface area contributed by atoms with Crippen molar-refractivity contribution in [2.24, 2.45) is 11.7 Å². The summed E-state index contributed by atoms with van der Waals surface area (Å²) in [5.41, 5.74) is 5.89. The highest BCUT2D eigenvalue weighted by Crippen LogP contribution is 2.14. The van der Waals surface area contributed by atoms with E-state index in [4.69, 9.17) is 5.73 Å². The molecule has 1 saturated heterocycles. The third-order valence-corrected chi connectivity index (χ3v) is 2.92. The van der Waals surface area contributed by atoms with Gasteiger partial charge in [-0.2, -0.15) is 0 Å². The van der Waals surface area contributed by atoms with Crippen molar-refractivity contribution >= 4 is 11.8 Å². The summed E-state index contributed by atoms with van der Waals surface area (Å²) in [7, 11) is 0. The Morgan fingerprint density at radius 3 is 2.29 bits per heavy atom. The Labute approximate surface area is 84.4 Å². The minimum Gasteiger partial charge on any atom is -0.326 e. The van der Waals surface area contributed by atoms with Gasteiger partial charge >= 0.3 is 0 Å². The number of hydrogen-bond acceptors (Lipinski definition) is 3. The van der Waals surface area contributed by atoms with E-state index in [1.165, 1.54) is 4.90 Å². The molecule has 4 nitrogen and oxygen atoms in total. The van der Waals surface area contributed by atoms with Gasteiger partial charge in [-0.1, -0.05) is 20.3 Å². The molecular formula is C10H18N2O2. The van der Waals surface area contributed by atoms with Crippen molar-refractivity contribution in [2.75, 3.05) is 6.54 Å². The molecule has 1 heterocycles. The minimum absolute atomic E-state index is 0.0752. The van der Waals surface area contributed by atoms with Gasteiger partial charge < -0.3 is 5.73 Å². The number of amides is 2. The molecule has 1 aliphatic heterocycles. The van der Waals surface area contributed by atoms with Crippen LogP contribution in [0.4, 0.5) is 0 Å². The number of carbonyl (C=O) groups excluding carboxylic acids is 2. The molecule has 80 valence electrons. The average molecular weight is 198 g/mol. The van der Waals surface area contributed by atoms with Crippen LogP contribution in [0.2, 0.25) is 0 Å². The van der Waals surface area contributed by atoms with Gasteiger partial charge in [0.25, 0.3) is 0 Å². The summed E-state index contributed by atoms with van der Waals surface area (Å²) in [5.74, 6) is 0.193. The van der Waals surface area contributed by atoms with E-state index in [1.807, 2.05) is 6.92 Å². The van der Waals surface area contributed by atoms with Gasteiger partial charge in [0, 0.05) is 25.4 Å². The molecule has 2 amide bonds. The highest BCUT2D eigenvalue weighted by atomic mass is 16.2. The van der Waals surface area contributed by atoms with Crippen LogP contribution in [-0.4, -0.2) is 29.3 Å². The summed E-state index contributed by atoms with van der Waals surface area (Å²) >= 11 is 0. The molecule has 0 aromatic heterocycles. The zero-order valence-electron chi connectivity index (χ0n) is 8.82. The molecular weight excluding hydrogens is 180 g/mol. The van der Waals surface area contributed by atoms with Gasteiger partial charge in [-0.3, -0.25) is 14.5 Å². The first-order chi connectivity index (χ1) is 6.56. The van der Waals surface area contributed by atoms with Crippen molar-refractivity contribution in [3.8, 4) is 0 Å². The van der Waals surface area contributed by atoms with Gasteiger partial charge in [-0.15, -0.1) is 0 Å². The Morgan fingerprint density at radius 2 is 1.86 bits per heavy atom. The maximum Gasteiger partial charge on any atom is 0.229 e. The molecule has 1 fully saturated rings. The lowest BCUT2D eigenvalue weighted by molar-refractivity contribution is -0.138. The first kappa shape index (κ1) is 11.2. The van der Waals surface area contributed by atoms with Crippen molar-refractivity contribution in [2.45, 2.75) is 39.2 Å². The Kier molecular flexibility index (Phi) is 3.63. The topological polar surface area (TPSA) is 63.4 Å². The highest BCUT2D eigenvalue weighted by Gasteiger charge is 2.30. The molecule has 0 aromatic rings. The van der Waals surface area contributed by atoms with Crippen LogP contribution in [0, 0.1) is 5.92 Å². The van der Waals surface area contributed by atoms with Gasteiger partial charge in [-0.05, 0) is 5.92 Å².